The standard InChI is InChI=1S/C25H53F11O2Si6/c1-39(2)17-43(9,18-40(3)4)14-15-44(10,19-41(5)6)20-42(7,8)13-11-12-37-16-21(26,23(29,30)31)38-25(35,36)22(27,28)24(32,33)34/h39-41H,11-20H2,1-10H3. The predicted molar refractivity (Wildman–Crippen MR) is 173 cm³/mol. The Balaban J connectivity index is 5.49. The van der Waals surface area contributed by atoms with Crippen LogP contribution < -0.4 is 0 Å². The van der Waals surface area contributed by atoms with Crippen LogP contribution in [0.4, 0.5) is 48.3 Å². The summed E-state index contributed by atoms with van der Waals surface area (Å²) < 4.78 is 151. The highest BCUT2D eigenvalue weighted by Gasteiger charge is 2.78. The van der Waals surface area contributed by atoms with Gasteiger partial charge in [-0.25, -0.2) is 0 Å². The van der Waals surface area contributed by atoms with E-state index in [-0.39, 0.29) is 6.42 Å². The van der Waals surface area contributed by atoms with Crippen molar-refractivity contribution in [1.29, 1.82) is 0 Å². The second kappa shape index (κ2) is 16.2. The van der Waals surface area contributed by atoms with Gasteiger partial charge in [0.05, 0.1) is 0 Å². The molecule has 0 aromatic carbocycles. The summed E-state index contributed by atoms with van der Waals surface area (Å²) in [6.45, 7) is 20.9. The Morgan fingerprint density at radius 1 is 0.568 bits per heavy atom. The Morgan fingerprint density at radius 2 is 0.977 bits per heavy atom. The molecule has 266 valence electrons. The molecule has 0 bridgehead atoms. The van der Waals surface area contributed by atoms with E-state index in [1.54, 1.807) is 0 Å². The van der Waals surface area contributed by atoms with Crippen LogP contribution in [0.2, 0.25) is 106 Å². The molecule has 0 rings (SSSR count). The third-order valence-electron chi connectivity index (χ3n) is 7.81. The molecule has 0 aliphatic heterocycles. The van der Waals surface area contributed by atoms with E-state index < -0.39 is 94.1 Å². The Hall–Kier alpha value is 0.451. The summed E-state index contributed by atoms with van der Waals surface area (Å²) in [6, 6.07) is 3.19. The van der Waals surface area contributed by atoms with Crippen LogP contribution in [0.3, 0.4) is 0 Å². The van der Waals surface area contributed by atoms with Crippen LogP contribution in [0.15, 0.2) is 0 Å². The summed E-state index contributed by atoms with van der Waals surface area (Å²) in [5.41, 5.74) is 5.27. The zero-order chi connectivity index (χ0) is 35.2. The molecule has 2 nitrogen and oxygen atoms in total. The summed E-state index contributed by atoms with van der Waals surface area (Å²) in [4.78, 5) is 0. The average Bonchev–Trinajstić information content (AvgIpc) is 2.73. The number of halogens is 11. The summed E-state index contributed by atoms with van der Waals surface area (Å²) in [5, 5.41) is 0. The second-order valence-corrected chi connectivity index (χ2v) is 43.1. The van der Waals surface area contributed by atoms with Gasteiger partial charge in [-0.1, -0.05) is 106 Å². The van der Waals surface area contributed by atoms with Crippen molar-refractivity contribution in [2.24, 2.45) is 0 Å². The van der Waals surface area contributed by atoms with Crippen molar-refractivity contribution >= 4 is 50.6 Å². The Bertz CT molecular complexity index is 863. The van der Waals surface area contributed by atoms with E-state index in [4.69, 9.17) is 0 Å². The first-order valence-corrected chi connectivity index (χ1v) is 34.2. The summed E-state index contributed by atoms with van der Waals surface area (Å²) in [7, 11) is -7.29. The van der Waals surface area contributed by atoms with Gasteiger partial charge in [0.15, 0.2) is 0 Å². The minimum atomic E-state index is -7.07. The van der Waals surface area contributed by atoms with Gasteiger partial charge in [-0.3, -0.25) is 4.74 Å². The van der Waals surface area contributed by atoms with Crippen molar-refractivity contribution in [1.82, 2.24) is 0 Å². The van der Waals surface area contributed by atoms with Crippen LogP contribution in [0.1, 0.15) is 6.42 Å². The molecule has 44 heavy (non-hydrogen) atoms. The van der Waals surface area contributed by atoms with Crippen LogP contribution in [0.25, 0.3) is 0 Å². The second-order valence-electron chi connectivity index (χ2n) is 15.3. The lowest BCUT2D eigenvalue weighted by Gasteiger charge is -2.40. The van der Waals surface area contributed by atoms with Crippen LogP contribution >= 0.6 is 0 Å². The monoisotopic (exact) mass is 762 g/mol. The smallest absolute Gasteiger partial charge is 0.375 e. The average molecular weight is 763 g/mol. The quantitative estimate of drug-likeness (QED) is 0.0699. The lowest BCUT2D eigenvalue weighted by Crippen LogP contribution is -2.60. The molecule has 0 saturated carbocycles. The minimum absolute atomic E-state index is 0.163. The van der Waals surface area contributed by atoms with Gasteiger partial charge in [0.1, 0.15) is 6.61 Å². The maximum atomic E-state index is 14.4. The van der Waals surface area contributed by atoms with Crippen LogP contribution in [0, 0.1) is 0 Å². The Kier molecular flexibility index (Phi) is 16.4. The first-order valence-electron chi connectivity index (χ1n) is 15.2. The highest BCUT2D eigenvalue weighted by molar-refractivity contribution is 7.01. The maximum absolute atomic E-state index is 14.4. The molecule has 0 heterocycles. The van der Waals surface area contributed by atoms with Crippen molar-refractivity contribution in [3.05, 3.63) is 0 Å². The van der Waals surface area contributed by atoms with E-state index >= 15 is 0 Å². The maximum Gasteiger partial charge on any atom is 0.462 e. The molecular weight excluding hydrogens is 710 g/mol. The molecule has 2 atom stereocenters. The fourth-order valence-electron chi connectivity index (χ4n) is 6.81. The first-order chi connectivity index (χ1) is 19.3. The van der Waals surface area contributed by atoms with Crippen LogP contribution in [-0.2, 0) is 9.47 Å². The zero-order valence-corrected chi connectivity index (χ0v) is 34.2. The van der Waals surface area contributed by atoms with E-state index in [1.807, 2.05) is 0 Å². The first kappa shape index (κ1) is 44.5. The van der Waals surface area contributed by atoms with Crippen LogP contribution in [-0.4, -0.2) is 94.1 Å². The normalized spacial score (nSPS) is 17.5. The molecule has 19 heteroatoms. The largest absolute Gasteiger partial charge is 0.462 e. The highest BCUT2D eigenvalue weighted by Crippen LogP contribution is 2.51. The van der Waals surface area contributed by atoms with Gasteiger partial charge < -0.3 is 4.74 Å². The number of hydrogen-bond acceptors (Lipinski definition) is 2. The van der Waals surface area contributed by atoms with E-state index in [2.05, 4.69) is 74.9 Å². The van der Waals surface area contributed by atoms with Gasteiger partial charge in [0.25, 0.3) is 0 Å². The third-order valence-corrected chi connectivity index (χ3v) is 41.8. The molecule has 0 radical (unpaired) electrons. The van der Waals surface area contributed by atoms with Gasteiger partial charge in [-0.2, -0.15) is 48.3 Å². The fraction of sp³-hybridized carbons (Fsp3) is 1.00. The Labute approximate surface area is 264 Å². The molecule has 0 saturated heterocycles. The number of rotatable bonds is 20. The highest BCUT2D eigenvalue weighted by atomic mass is 28.4. The van der Waals surface area contributed by atoms with Gasteiger partial charge in [-0.05, 0) is 6.42 Å². The summed E-state index contributed by atoms with van der Waals surface area (Å²) in [5.74, 6) is -12.7. The summed E-state index contributed by atoms with van der Waals surface area (Å²) >= 11 is 0. The van der Waals surface area contributed by atoms with E-state index in [9.17, 15) is 48.3 Å². The van der Waals surface area contributed by atoms with Crippen molar-refractivity contribution in [2.75, 3.05) is 13.2 Å². The van der Waals surface area contributed by atoms with Gasteiger partial charge in [0.2, 0.25) is 0 Å². The van der Waals surface area contributed by atoms with Gasteiger partial charge in [-0.15, -0.1) is 0 Å². The van der Waals surface area contributed by atoms with E-state index in [1.165, 1.54) is 29.1 Å². The molecular formula is C25H53F11O2Si6. The predicted octanol–water partition coefficient (Wildman–Crippen LogP) is 9.91. The van der Waals surface area contributed by atoms with Gasteiger partial charge >= 0.3 is 30.2 Å². The zero-order valence-electron chi connectivity index (χ0n) is 27.8. The number of alkyl halides is 11. The number of ether oxygens (including phenoxy) is 2. The van der Waals surface area contributed by atoms with Crippen LogP contribution in [0.5, 0.6) is 0 Å². The lowest BCUT2D eigenvalue weighted by atomic mass is 10.2. The molecule has 0 aromatic rings. The third kappa shape index (κ3) is 14.3. The van der Waals surface area contributed by atoms with E-state index in [0.717, 1.165) is 5.67 Å². The minimum Gasteiger partial charge on any atom is -0.375 e. The molecule has 0 fully saturated rings. The van der Waals surface area contributed by atoms with Crippen molar-refractivity contribution < 1.29 is 57.8 Å². The van der Waals surface area contributed by atoms with Crippen molar-refractivity contribution in [3.8, 4) is 0 Å². The molecule has 0 N–H and O–H groups in total. The molecule has 2 unspecified atom stereocenters. The molecule has 0 aliphatic rings. The Morgan fingerprint density at radius 3 is 1.36 bits per heavy atom. The molecule has 0 aliphatic carbocycles. The SMILES string of the molecule is C[SiH](C)C[Si](C)(CC[Si](C)(C[SiH](C)C)C[Si](C)(C)CCCOCC(F)(OC(F)(F)C(F)(F)C(F)(F)F)C(F)(F)F)C[SiH](C)C. The lowest BCUT2D eigenvalue weighted by molar-refractivity contribution is -0.486. The molecule has 0 amide bonds. The number of hydrogen-bond donors (Lipinski definition) is 0. The van der Waals surface area contributed by atoms with Crippen molar-refractivity contribution in [2.45, 2.75) is 143 Å². The van der Waals surface area contributed by atoms with E-state index in [0.29, 0.717) is 6.04 Å². The molecule has 0 aromatic heterocycles. The fourth-order valence-corrected chi connectivity index (χ4v) is 53.5. The summed E-state index contributed by atoms with van der Waals surface area (Å²) in [6.07, 6.45) is -20.0. The topological polar surface area (TPSA) is 18.5 Å². The van der Waals surface area contributed by atoms with Crippen molar-refractivity contribution in [3.63, 3.8) is 0 Å². The van der Waals surface area contributed by atoms with Gasteiger partial charge in [0, 0.05) is 57.2 Å². The molecule has 0 spiro atoms.